The number of nitrogens with zero attached hydrogens (tertiary/aromatic N) is 3. The second-order valence-corrected chi connectivity index (χ2v) is 9.89. The molecular weight excluding hydrogens is 370 g/mol. The molecule has 5 heteroatoms. The van der Waals surface area contributed by atoms with Gasteiger partial charge in [0.2, 0.25) is 0 Å². The number of rotatable bonds is 2. The maximum absolute atomic E-state index is 10.2. The van der Waals surface area contributed by atoms with Gasteiger partial charge in [0.1, 0.15) is 5.92 Å². The lowest BCUT2D eigenvalue weighted by atomic mass is 9.54. The van der Waals surface area contributed by atoms with Crippen molar-refractivity contribution >= 4 is 5.71 Å². The molecule has 3 rings (SSSR count). The van der Waals surface area contributed by atoms with Crippen LogP contribution in [0.4, 0.5) is 0 Å². The molecule has 1 saturated carbocycles. The third kappa shape index (κ3) is 3.32. The molecule has 4 atom stereocenters. The van der Waals surface area contributed by atoms with E-state index >= 15 is 0 Å². The molecule has 30 heavy (non-hydrogen) atoms. The number of quaternary nitrogens is 1. The fourth-order valence-electron chi connectivity index (χ4n) is 4.96. The zero-order valence-corrected chi connectivity index (χ0v) is 18.5. The van der Waals surface area contributed by atoms with E-state index in [0.717, 1.165) is 24.2 Å². The number of nitrogens with one attached hydrogen (secondary N) is 2. The molecule has 0 saturated heterocycles. The van der Waals surface area contributed by atoms with Gasteiger partial charge in [-0.3, -0.25) is 0 Å². The normalized spacial score (nSPS) is 28.0. The molecule has 2 aliphatic rings. The molecule has 1 fully saturated rings. The van der Waals surface area contributed by atoms with Crippen molar-refractivity contribution in [2.24, 2.45) is 17.3 Å². The Labute approximate surface area is 179 Å². The molecule has 0 amide bonds. The fourth-order valence-corrected chi connectivity index (χ4v) is 4.96. The van der Waals surface area contributed by atoms with Crippen LogP contribution in [0.2, 0.25) is 0 Å². The van der Waals surface area contributed by atoms with Crippen molar-refractivity contribution < 1.29 is 4.90 Å². The van der Waals surface area contributed by atoms with Crippen LogP contribution in [0, 0.1) is 56.7 Å². The average molecular weight is 401 g/mol. The second kappa shape index (κ2) is 7.71. The Balaban J connectivity index is 2.20. The first-order chi connectivity index (χ1) is 14.1. The summed E-state index contributed by atoms with van der Waals surface area (Å²) in [6, 6.07) is 15.1. The topological polar surface area (TPSA) is 99.7 Å². The lowest BCUT2D eigenvalue weighted by Crippen LogP contribution is -3.16. The summed E-state index contributed by atoms with van der Waals surface area (Å²) in [5, 5.41) is 38.9. The van der Waals surface area contributed by atoms with Crippen LogP contribution in [-0.2, 0) is 5.41 Å². The maximum Gasteiger partial charge on any atom is 0.189 e. The van der Waals surface area contributed by atoms with Crippen molar-refractivity contribution in [1.82, 2.24) is 0 Å². The van der Waals surface area contributed by atoms with Gasteiger partial charge < -0.3 is 10.3 Å². The Hall–Kier alpha value is -2.94. The van der Waals surface area contributed by atoms with Gasteiger partial charge in [0, 0.05) is 11.8 Å². The van der Waals surface area contributed by atoms with Gasteiger partial charge in [-0.05, 0) is 42.0 Å². The zero-order chi connectivity index (χ0) is 22.3. The van der Waals surface area contributed by atoms with E-state index in [2.05, 4.69) is 71.0 Å². The van der Waals surface area contributed by atoms with Crippen LogP contribution < -0.4 is 4.90 Å². The molecular formula is C25H30N5+. The third-order valence-electron chi connectivity index (χ3n) is 6.86. The molecule has 154 valence electrons. The van der Waals surface area contributed by atoms with Gasteiger partial charge in [-0.1, -0.05) is 45.0 Å². The highest BCUT2D eigenvalue weighted by Gasteiger charge is 2.58. The molecule has 1 heterocycles. The summed E-state index contributed by atoms with van der Waals surface area (Å²) < 4.78 is 0. The maximum atomic E-state index is 10.2. The average Bonchev–Trinajstić information content (AvgIpc) is 2.72. The Bertz CT molecular complexity index is 974. The van der Waals surface area contributed by atoms with Gasteiger partial charge in [-0.2, -0.15) is 15.8 Å². The van der Waals surface area contributed by atoms with E-state index in [0.29, 0.717) is 6.04 Å². The Morgan fingerprint density at radius 2 is 1.70 bits per heavy atom. The minimum Gasteiger partial charge on any atom is -0.329 e. The summed E-state index contributed by atoms with van der Waals surface area (Å²) >= 11 is 0. The fraction of sp³-hybridized carbons (Fsp3) is 0.520. The summed E-state index contributed by atoms with van der Waals surface area (Å²) in [6.07, 6.45) is 2.08. The number of nitriles is 3. The van der Waals surface area contributed by atoms with Gasteiger partial charge in [0.25, 0.3) is 0 Å². The third-order valence-corrected chi connectivity index (χ3v) is 6.86. The van der Waals surface area contributed by atoms with Crippen molar-refractivity contribution in [1.29, 1.82) is 21.2 Å². The molecule has 0 bridgehead atoms. The molecule has 0 aromatic heterocycles. The van der Waals surface area contributed by atoms with Gasteiger partial charge in [0.15, 0.2) is 5.41 Å². The van der Waals surface area contributed by atoms with Gasteiger partial charge in [0.05, 0.1) is 43.1 Å². The first-order valence-corrected chi connectivity index (χ1v) is 10.6. The van der Waals surface area contributed by atoms with E-state index < -0.39 is 17.3 Å². The highest BCUT2D eigenvalue weighted by Crippen LogP contribution is 2.52. The summed E-state index contributed by atoms with van der Waals surface area (Å²) in [4.78, 5) is 1.37. The molecule has 0 radical (unpaired) electrons. The molecule has 5 nitrogen and oxygen atoms in total. The standard InChI is InChI=1S/C25H29N5/c1-16(2)30-11-10-19-20(12-26)23(29)25(14-27,15-28)22(21(19)13-30)17-6-8-18(9-7-17)24(3,4)5/h6-10,16,20-22,29H,11,13H2,1-5H3/p+1/t20?,21-,22+/m0/s1. The highest BCUT2D eigenvalue weighted by atomic mass is 15.2. The number of hydrogen-bond acceptors (Lipinski definition) is 4. The van der Waals surface area contributed by atoms with Crippen molar-refractivity contribution in [3.63, 3.8) is 0 Å². The van der Waals surface area contributed by atoms with Crippen molar-refractivity contribution in [3.8, 4) is 18.2 Å². The summed E-state index contributed by atoms with van der Waals surface area (Å²) in [7, 11) is 0. The van der Waals surface area contributed by atoms with E-state index in [1.165, 1.54) is 10.5 Å². The highest BCUT2D eigenvalue weighted by molar-refractivity contribution is 6.00. The first kappa shape index (κ1) is 21.8. The van der Waals surface area contributed by atoms with Gasteiger partial charge in [-0.25, -0.2) is 0 Å². The minimum atomic E-state index is -1.63. The van der Waals surface area contributed by atoms with Crippen LogP contribution in [0.5, 0.6) is 0 Å². The van der Waals surface area contributed by atoms with Crippen molar-refractivity contribution in [2.45, 2.75) is 52.0 Å². The molecule has 1 aliphatic carbocycles. The van der Waals surface area contributed by atoms with Crippen LogP contribution in [0.3, 0.4) is 0 Å². The van der Waals surface area contributed by atoms with Gasteiger partial charge >= 0.3 is 0 Å². The Morgan fingerprint density at radius 3 is 2.17 bits per heavy atom. The van der Waals surface area contributed by atoms with Crippen LogP contribution in [0.25, 0.3) is 0 Å². The number of fused-ring (bicyclic) bond motifs is 1. The SMILES string of the molecule is CC(C)[NH+]1CC=C2C(C#N)C(=N)C(C#N)(C#N)[C@H](c3ccc(C(C)(C)C)cc3)[C@H]2C1. The Morgan fingerprint density at radius 1 is 1.10 bits per heavy atom. The van der Waals surface area contributed by atoms with E-state index in [1.54, 1.807) is 0 Å². The largest absolute Gasteiger partial charge is 0.329 e. The smallest absolute Gasteiger partial charge is 0.189 e. The van der Waals surface area contributed by atoms with E-state index in [9.17, 15) is 15.8 Å². The van der Waals surface area contributed by atoms with Crippen LogP contribution >= 0.6 is 0 Å². The van der Waals surface area contributed by atoms with E-state index in [-0.39, 0.29) is 17.0 Å². The summed E-state index contributed by atoms with van der Waals surface area (Å²) in [5.74, 6) is -1.37. The molecule has 0 spiro atoms. The van der Waals surface area contributed by atoms with Crippen molar-refractivity contribution in [3.05, 3.63) is 47.0 Å². The molecule has 1 aromatic carbocycles. The summed E-state index contributed by atoms with van der Waals surface area (Å²) in [5.41, 5.74) is 1.28. The number of hydrogen-bond donors (Lipinski definition) is 2. The lowest BCUT2D eigenvalue weighted by molar-refractivity contribution is -0.920. The predicted molar refractivity (Wildman–Crippen MR) is 116 cm³/mol. The zero-order valence-electron chi connectivity index (χ0n) is 18.5. The van der Waals surface area contributed by atoms with Crippen LogP contribution in [-0.4, -0.2) is 24.8 Å². The van der Waals surface area contributed by atoms with Crippen molar-refractivity contribution in [2.75, 3.05) is 13.1 Å². The van der Waals surface area contributed by atoms with E-state index in [1.807, 2.05) is 12.1 Å². The Kier molecular flexibility index (Phi) is 5.60. The molecule has 2 N–H and O–H groups in total. The lowest BCUT2D eigenvalue weighted by Gasteiger charge is -2.47. The van der Waals surface area contributed by atoms with Gasteiger partial charge in [-0.15, -0.1) is 0 Å². The minimum absolute atomic E-state index is 0.000254. The molecule has 1 aromatic rings. The molecule has 1 aliphatic heterocycles. The first-order valence-electron chi connectivity index (χ1n) is 10.6. The summed E-state index contributed by atoms with van der Waals surface area (Å²) in [6.45, 7) is 12.3. The van der Waals surface area contributed by atoms with Crippen LogP contribution in [0.15, 0.2) is 35.9 Å². The quantitative estimate of drug-likeness (QED) is 0.746. The molecule has 2 unspecified atom stereocenters. The predicted octanol–water partition coefficient (Wildman–Crippen LogP) is 3.12. The van der Waals surface area contributed by atoms with Crippen LogP contribution in [0.1, 0.15) is 51.7 Å². The number of benzene rings is 1. The monoisotopic (exact) mass is 400 g/mol. The van der Waals surface area contributed by atoms with E-state index in [4.69, 9.17) is 5.41 Å². The second-order valence-electron chi connectivity index (χ2n) is 9.89.